The van der Waals surface area contributed by atoms with E-state index in [1.807, 2.05) is 50.2 Å². The predicted octanol–water partition coefficient (Wildman–Crippen LogP) is 5.01. The minimum atomic E-state index is 0.612. The van der Waals surface area contributed by atoms with Crippen LogP contribution in [-0.2, 0) is 0 Å². The molecule has 142 valence electrons. The minimum absolute atomic E-state index is 0.612. The molecule has 0 bridgehead atoms. The van der Waals surface area contributed by atoms with Crippen LogP contribution in [0.3, 0.4) is 0 Å². The van der Waals surface area contributed by atoms with Crippen molar-refractivity contribution in [1.29, 1.82) is 5.26 Å². The van der Waals surface area contributed by atoms with Crippen molar-refractivity contribution in [2.75, 3.05) is 5.43 Å². The fraction of sp³-hybridized carbons (Fsp3) is 0.0909. The maximum Gasteiger partial charge on any atom is 0.159 e. The highest BCUT2D eigenvalue weighted by molar-refractivity contribution is 6.30. The first kappa shape index (κ1) is 18.7. The van der Waals surface area contributed by atoms with E-state index in [2.05, 4.69) is 31.1 Å². The van der Waals surface area contributed by atoms with E-state index < -0.39 is 0 Å². The van der Waals surface area contributed by atoms with E-state index >= 15 is 0 Å². The number of halogens is 1. The van der Waals surface area contributed by atoms with E-state index in [1.165, 1.54) is 6.33 Å². The molecule has 2 heterocycles. The number of hydrogen-bond donors (Lipinski definition) is 1. The summed E-state index contributed by atoms with van der Waals surface area (Å²) in [6, 6.07) is 16.9. The molecular weight excluding hydrogens is 384 g/mol. The summed E-state index contributed by atoms with van der Waals surface area (Å²) >= 11 is 6.19. The van der Waals surface area contributed by atoms with E-state index in [9.17, 15) is 0 Å². The van der Waals surface area contributed by atoms with Crippen molar-refractivity contribution >= 4 is 34.7 Å². The van der Waals surface area contributed by atoms with E-state index in [4.69, 9.17) is 16.9 Å². The Morgan fingerprint density at radius 1 is 1.14 bits per heavy atom. The molecule has 0 spiro atoms. The third-order valence-electron chi connectivity index (χ3n) is 4.78. The molecule has 1 N–H and O–H groups in total. The molecule has 0 saturated heterocycles. The summed E-state index contributed by atoms with van der Waals surface area (Å²) in [7, 11) is 0. The molecular formula is C22H17ClN6. The summed E-state index contributed by atoms with van der Waals surface area (Å²) in [5.41, 5.74) is 8.37. The highest BCUT2D eigenvalue weighted by Gasteiger charge is 2.17. The Labute approximate surface area is 173 Å². The van der Waals surface area contributed by atoms with Gasteiger partial charge in [-0.1, -0.05) is 29.8 Å². The fourth-order valence-electron chi connectivity index (χ4n) is 3.23. The van der Waals surface area contributed by atoms with Crippen molar-refractivity contribution in [2.45, 2.75) is 13.8 Å². The van der Waals surface area contributed by atoms with Crippen molar-refractivity contribution in [3.05, 3.63) is 82.3 Å². The Kier molecular flexibility index (Phi) is 4.98. The number of hydrazone groups is 1. The molecule has 0 amide bonds. The van der Waals surface area contributed by atoms with E-state index in [1.54, 1.807) is 18.3 Å². The summed E-state index contributed by atoms with van der Waals surface area (Å²) in [6.45, 7) is 4.08. The van der Waals surface area contributed by atoms with Gasteiger partial charge in [0.1, 0.15) is 6.33 Å². The molecule has 0 unspecified atom stereocenters. The monoisotopic (exact) mass is 400 g/mol. The Bertz CT molecular complexity index is 1270. The lowest BCUT2D eigenvalue weighted by Gasteiger charge is -2.08. The van der Waals surface area contributed by atoms with Crippen LogP contribution in [0.25, 0.3) is 16.7 Å². The molecule has 0 aliphatic carbocycles. The summed E-state index contributed by atoms with van der Waals surface area (Å²) in [6.07, 6.45) is 3.20. The van der Waals surface area contributed by atoms with Gasteiger partial charge in [0.15, 0.2) is 11.5 Å². The van der Waals surface area contributed by atoms with E-state index in [-0.39, 0.29) is 0 Å². The molecule has 6 nitrogen and oxygen atoms in total. The minimum Gasteiger partial charge on any atom is -0.298 e. The van der Waals surface area contributed by atoms with Crippen LogP contribution in [0, 0.1) is 25.2 Å². The zero-order chi connectivity index (χ0) is 20.4. The van der Waals surface area contributed by atoms with Gasteiger partial charge >= 0.3 is 0 Å². The molecule has 29 heavy (non-hydrogen) atoms. The number of aryl methyl sites for hydroxylation is 1. The molecule has 0 fully saturated rings. The van der Waals surface area contributed by atoms with Crippen molar-refractivity contribution in [1.82, 2.24) is 14.5 Å². The number of fused-ring (bicyclic) bond motifs is 1. The zero-order valence-corrected chi connectivity index (χ0v) is 16.6. The van der Waals surface area contributed by atoms with Gasteiger partial charge in [-0.3, -0.25) is 9.99 Å². The van der Waals surface area contributed by atoms with Crippen molar-refractivity contribution in [3.8, 4) is 11.8 Å². The van der Waals surface area contributed by atoms with Crippen LogP contribution in [-0.4, -0.2) is 20.7 Å². The molecule has 4 aromatic rings. The lowest BCUT2D eigenvalue weighted by molar-refractivity contribution is 1.01. The summed E-state index contributed by atoms with van der Waals surface area (Å²) in [5, 5.41) is 14.8. The van der Waals surface area contributed by atoms with E-state index in [0.29, 0.717) is 16.4 Å². The number of rotatable bonds is 4. The van der Waals surface area contributed by atoms with Crippen molar-refractivity contribution in [2.24, 2.45) is 5.10 Å². The average Bonchev–Trinajstić information content (AvgIpc) is 2.99. The molecule has 2 aromatic carbocycles. The Morgan fingerprint density at radius 3 is 2.66 bits per heavy atom. The molecule has 2 aromatic heterocycles. The van der Waals surface area contributed by atoms with Gasteiger partial charge in [-0.15, -0.1) is 0 Å². The summed E-state index contributed by atoms with van der Waals surface area (Å²) < 4.78 is 2.06. The Balaban J connectivity index is 1.72. The third-order valence-corrected chi connectivity index (χ3v) is 5.02. The number of anilines is 1. The maximum atomic E-state index is 8.88. The van der Waals surface area contributed by atoms with Crippen LogP contribution in [0.4, 0.5) is 5.82 Å². The first-order valence-corrected chi connectivity index (χ1v) is 9.34. The van der Waals surface area contributed by atoms with Gasteiger partial charge in [-0.05, 0) is 55.3 Å². The first-order chi connectivity index (χ1) is 14.1. The van der Waals surface area contributed by atoms with Gasteiger partial charge in [0.25, 0.3) is 0 Å². The zero-order valence-electron chi connectivity index (χ0n) is 15.9. The Morgan fingerprint density at radius 2 is 1.93 bits per heavy atom. The molecule has 7 heteroatoms. The number of hydrogen-bond acceptors (Lipinski definition) is 5. The topological polar surface area (TPSA) is 78.9 Å². The van der Waals surface area contributed by atoms with Gasteiger partial charge in [0.2, 0.25) is 0 Å². The normalized spacial score (nSPS) is 11.1. The smallest absolute Gasteiger partial charge is 0.159 e. The number of nitriles is 1. The van der Waals surface area contributed by atoms with Gasteiger partial charge < -0.3 is 0 Å². The molecule has 0 aliphatic rings. The number of nitrogens with zero attached hydrogens (tertiary/aromatic N) is 5. The van der Waals surface area contributed by atoms with Gasteiger partial charge in [0, 0.05) is 16.4 Å². The molecule has 0 atom stereocenters. The quantitative estimate of drug-likeness (QED) is 0.386. The summed E-state index contributed by atoms with van der Waals surface area (Å²) in [5.74, 6) is 0.626. The first-order valence-electron chi connectivity index (χ1n) is 8.96. The second kappa shape index (κ2) is 7.74. The Hall–Kier alpha value is -3.69. The third kappa shape index (κ3) is 3.56. The van der Waals surface area contributed by atoms with Crippen molar-refractivity contribution < 1.29 is 0 Å². The van der Waals surface area contributed by atoms with Crippen LogP contribution >= 0.6 is 11.6 Å². The van der Waals surface area contributed by atoms with Crippen molar-refractivity contribution in [3.63, 3.8) is 0 Å². The van der Waals surface area contributed by atoms with Gasteiger partial charge in [0.05, 0.1) is 23.2 Å². The predicted molar refractivity (Wildman–Crippen MR) is 116 cm³/mol. The number of nitrogens with one attached hydrogen (secondary N) is 1. The highest BCUT2D eigenvalue weighted by Crippen LogP contribution is 2.31. The fourth-order valence-corrected chi connectivity index (χ4v) is 3.41. The largest absolute Gasteiger partial charge is 0.298 e. The van der Waals surface area contributed by atoms with Crippen LogP contribution in [0.2, 0.25) is 5.02 Å². The molecule has 0 saturated carbocycles. The number of aromatic nitrogens is 3. The van der Waals surface area contributed by atoms with Crippen LogP contribution < -0.4 is 5.43 Å². The molecule has 4 rings (SSSR count). The number of benzene rings is 2. The van der Waals surface area contributed by atoms with Crippen LogP contribution in [0.1, 0.15) is 22.4 Å². The molecule has 0 radical (unpaired) electrons. The van der Waals surface area contributed by atoms with Gasteiger partial charge in [-0.25, -0.2) is 9.97 Å². The lowest BCUT2D eigenvalue weighted by Crippen LogP contribution is -1.99. The second-order valence-electron chi connectivity index (χ2n) is 6.55. The molecule has 0 aliphatic heterocycles. The lowest BCUT2D eigenvalue weighted by atomic mass is 10.2. The second-order valence-corrected chi connectivity index (χ2v) is 6.99. The van der Waals surface area contributed by atoms with Crippen LogP contribution in [0.5, 0.6) is 0 Å². The standard InChI is InChI=1S/C22H17ClN6/c1-14-15(2)29(19-5-3-4-18(23)10-19)22-20(14)21(25-13-26-22)28-27-12-17-8-6-16(11-24)7-9-17/h3-10,12-13H,1-2H3,(H,25,26,28). The maximum absolute atomic E-state index is 8.88. The highest BCUT2D eigenvalue weighted by atomic mass is 35.5. The summed E-state index contributed by atoms with van der Waals surface area (Å²) in [4.78, 5) is 8.87. The van der Waals surface area contributed by atoms with Gasteiger partial charge in [-0.2, -0.15) is 10.4 Å². The average molecular weight is 401 g/mol. The SMILES string of the molecule is Cc1c(C)n(-c2cccc(Cl)c2)c2ncnc(NN=Cc3ccc(C#N)cc3)c12. The van der Waals surface area contributed by atoms with Crippen LogP contribution in [0.15, 0.2) is 60.0 Å². The van der Waals surface area contributed by atoms with E-state index in [0.717, 1.165) is 33.5 Å².